The van der Waals surface area contributed by atoms with E-state index in [0.29, 0.717) is 26.3 Å². The monoisotopic (exact) mass is 377 g/mol. The Morgan fingerprint density at radius 3 is 2.25 bits per heavy atom. The standard InChI is InChI=1S/C24H27NO3/c1-2-27-24-15-20(16-25-17-22(26)21-11-7-4-8-12-21)13-14-23(24)28-18-19-9-5-3-6-10-19/h3-15,22,25-26H,2,16-18H2,1H3/t22-/m0/s1. The van der Waals surface area contributed by atoms with Crippen LogP contribution in [-0.2, 0) is 13.2 Å². The number of aliphatic hydroxyl groups excluding tert-OH is 1. The maximum Gasteiger partial charge on any atom is 0.161 e. The van der Waals surface area contributed by atoms with Gasteiger partial charge in [0, 0.05) is 13.1 Å². The van der Waals surface area contributed by atoms with E-state index in [1.165, 1.54) is 0 Å². The van der Waals surface area contributed by atoms with E-state index < -0.39 is 6.10 Å². The Labute approximate surface area is 166 Å². The molecular formula is C24H27NO3. The smallest absolute Gasteiger partial charge is 0.161 e. The summed E-state index contributed by atoms with van der Waals surface area (Å²) in [5.74, 6) is 1.47. The minimum atomic E-state index is -0.527. The van der Waals surface area contributed by atoms with Crippen molar-refractivity contribution < 1.29 is 14.6 Å². The average molecular weight is 377 g/mol. The molecule has 4 heteroatoms. The number of hydrogen-bond acceptors (Lipinski definition) is 4. The molecule has 1 atom stereocenters. The van der Waals surface area contributed by atoms with Crippen molar-refractivity contribution in [1.29, 1.82) is 0 Å². The number of aliphatic hydroxyl groups is 1. The van der Waals surface area contributed by atoms with Gasteiger partial charge < -0.3 is 19.9 Å². The zero-order chi connectivity index (χ0) is 19.6. The van der Waals surface area contributed by atoms with Crippen molar-refractivity contribution in [3.05, 3.63) is 95.6 Å². The van der Waals surface area contributed by atoms with Crippen molar-refractivity contribution in [3.63, 3.8) is 0 Å². The highest BCUT2D eigenvalue weighted by molar-refractivity contribution is 5.43. The largest absolute Gasteiger partial charge is 0.490 e. The first-order valence-corrected chi connectivity index (χ1v) is 9.62. The molecule has 0 aliphatic rings. The van der Waals surface area contributed by atoms with E-state index in [9.17, 15) is 5.11 Å². The fraction of sp³-hybridized carbons (Fsp3) is 0.250. The number of hydrogen-bond donors (Lipinski definition) is 2. The van der Waals surface area contributed by atoms with Crippen molar-refractivity contribution >= 4 is 0 Å². The lowest BCUT2D eigenvalue weighted by molar-refractivity contribution is 0.174. The minimum Gasteiger partial charge on any atom is -0.490 e. The number of ether oxygens (including phenoxy) is 2. The molecule has 0 aliphatic carbocycles. The summed E-state index contributed by atoms with van der Waals surface area (Å²) in [6, 6.07) is 25.7. The maximum atomic E-state index is 10.3. The van der Waals surface area contributed by atoms with Gasteiger partial charge in [-0.25, -0.2) is 0 Å². The molecule has 0 aromatic heterocycles. The predicted octanol–water partition coefficient (Wildman–Crippen LogP) is 4.49. The van der Waals surface area contributed by atoms with Crippen LogP contribution in [0.3, 0.4) is 0 Å². The molecule has 0 unspecified atom stereocenters. The van der Waals surface area contributed by atoms with Gasteiger partial charge >= 0.3 is 0 Å². The van der Waals surface area contributed by atoms with Gasteiger partial charge in [0.05, 0.1) is 12.7 Å². The van der Waals surface area contributed by atoms with E-state index in [-0.39, 0.29) is 0 Å². The molecule has 3 aromatic rings. The summed E-state index contributed by atoms with van der Waals surface area (Å²) < 4.78 is 11.7. The van der Waals surface area contributed by atoms with Crippen LogP contribution >= 0.6 is 0 Å². The lowest BCUT2D eigenvalue weighted by atomic mass is 10.1. The molecule has 2 N–H and O–H groups in total. The third-order valence-electron chi connectivity index (χ3n) is 4.40. The zero-order valence-electron chi connectivity index (χ0n) is 16.2. The van der Waals surface area contributed by atoms with E-state index in [4.69, 9.17) is 9.47 Å². The first-order chi connectivity index (χ1) is 13.8. The molecule has 4 nitrogen and oxygen atoms in total. The first kappa shape index (κ1) is 19.9. The Morgan fingerprint density at radius 2 is 1.54 bits per heavy atom. The molecule has 0 aliphatic heterocycles. The SMILES string of the molecule is CCOc1cc(CNC[C@H](O)c2ccccc2)ccc1OCc1ccccc1. The van der Waals surface area contributed by atoms with Crippen LogP contribution in [0, 0.1) is 0 Å². The third-order valence-corrected chi connectivity index (χ3v) is 4.40. The second kappa shape index (κ2) is 10.5. The maximum absolute atomic E-state index is 10.3. The van der Waals surface area contributed by atoms with Crippen LogP contribution in [0.5, 0.6) is 11.5 Å². The molecule has 0 saturated heterocycles. The molecular weight excluding hydrogens is 350 g/mol. The summed E-state index contributed by atoms with van der Waals surface area (Å²) in [5, 5.41) is 13.6. The number of benzene rings is 3. The molecule has 0 fully saturated rings. The van der Waals surface area contributed by atoms with Gasteiger partial charge in [-0.15, -0.1) is 0 Å². The van der Waals surface area contributed by atoms with E-state index in [1.54, 1.807) is 0 Å². The Hall–Kier alpha value is -2.82. The Morgan fingerprint density at radius 1 is 0.821 bits per heavy atom. The zero-order valence-corrected chi connectivity index (χ0v) is 16.2. The predicted molar refractivity (Wildman–Crippen MR) is 111 cm³/mol. The number of nitrogens with one attached hydrogen (secondary N) is 1. The van der Waals surface area contributed by atoms with Crippen LogP contribution in [0.25, 0.3) is 0 Å². The molecule has 146 valence electrons. The average Bonchev–Trinajstić information content (AvgIpc) is 2.75. The van der Waals surface area contributed by atoms with Gasteiger partial charge in [-0.05, 0) is 35.7 Å². The second-order valence-corrected chi connectivity index (χ2v) is 6.55. The Kier molecular flexibility index (Phi) is 7.47. The van der Waals surface area contributed by atoms with Crippen molar-refractivity contribution in [1.82, 2.24) is 5.32 Å². The highest BCUT2D eigenvalue weighted by atomic mass is 16.5. The highest BCUT2D eigenvalue weighted by Crippen LogP contribution is 2.29. The van der Waals surface area contributed by atoms with Crippen LogP contribution in [0.4, 0.5) is 0 Å². The first-order valence-electron chi connectivity index (χ1n) is 9.62. The third kappa shape index (κ3) is 5.84. The van der Waals surface area contributed by atoms with E-state index in [2.05, 4.69) is 5.32 Å². The van der Waals surface area contributed by atoms with E-state index >= 15 is 0 Å². The summed E-state index contributed by atoms with van der Waals surface area (Å²) in [5.41, 5.74) is 3.11. The highest BCUT2D eigenvalue weighted by Gasteiger charge is 2.09. The quantitative estimate of drug-likeness (QED) is 0.547. The van der Waals surface area contributed by atoms with Gasteiger partial charge in [-0.3, -0.25) is 0 Å². The summed E-state index contributed by atoms with van der Waals surface area (Å²) in [7, 11) is 0. The normalized spacial score (nSPS) is 11.8. The summed E-state index contributed by atoms with van der Waals surface area (Å²) in [6.07, 6.45) is -0.527. The second-order valence-electron chi connectivity index (χ2n) is 6.55. The fourth-order valence-electron chi connectivity index (χ4n) is 2.93. The van der Waals surface area contributed by atoms with E-state index in [0.717, 1.165) is 28.2 Å². The van der Waals surface area contributed by atoms with Crippen LogP contribution in [0.15, 0.2) is 78.9 Å². The van der Waals surface area contributed by atoms with Crippen LogP contribution in [-0.4, -0.2) is 18.3 Å². The van der Waals surface area contributed by atoms with Crippen molar-refractivity contribution in [2.75, 3.05) is 13.2 Å². The lowest BCUT2D eigenvalue weighted by Crippen LogP contribution is -2.21. The van der Waals surface area contributed by atoms with Gasteiger partial charge in [0.2, 0.25) is 0 Å². The molecule has 3 rings (SSSR count). The fourth-order valence-corrected chi connectivity index (χ4v) is 2.93. The van der Waals surface area contributed by atoms with Gasteiger partial charge in [-0.2, -0.15) is 0 Å². The van der Waals surface area contributed by atoms with E-state index in [1.807, 2.05) is 85.8 Å². The van der Waals surface area contributed by atoms with Crippen molar-refractivity contribution in [2.24, 2.45) is 0 Å². The van der Waals surface area contributed by atoms with Gasteiger partial charge in [-0.1, -0.05) is 66.7 Å². The molecule has 0 amide bonds. The molecule has 0 heterocycles. The Balaban J connectivity index is 1.57. The van der Waals surface area contributed by atoms with Crippen molar-refractivity contribution in [3.8, 4) is 11.5 Å². The lowest BCUT2D eigenvalue weighted by Gasteiger charge is -2.15. The van der Waals surface area contributed by atoms with Crippen LogP contribution in [0.1, 0.15) is 29.7 Å². The molecule has 0 spiro atoms. The topological polar surface area (TPSA) is 50.7 Å². The van der Waals surface area contributed by atoms with Gasteiger partial charge in [0.15, 0.2) is 11.5 Å². The molecule has 0 saturated carbocycles. The summed E-state index contributed by atoms with van der Waals surface area (Å²) >= 11 is 0. The number of rotatable bonds is 10. The molecule has 3 aromatic carbocycles. The summed E-state index contributed by atoms with van der Waals surface area (Å²) in [6.45, 7) is 4.17. The van der Waals surface area contributed by atoms with Crippen molar-refractivity contribution in [2.45, 2.75) is 26.2 Å². The summed E-state index contributed by atoms with van der Waals surface area (Å²) in [4.78, 5) is 0. The van der Waals surface area contributed by atoms with Crippen LogP contribution in [0.2, 0.25) is 0 Å². The molecule has 0 bridgehead atoms. The van der Waals surface area contributed by atoms with Gasteiger partial charge in [0.1, 0.15) is 6.61 Å². The van der Waals surface area contributed by atoms with Crippen LogP contribution < -0.4 is 14.8 Å². The molecule has 28 heavy (non-hydrogen) atoms. The Bertz CT molecular complexity index is 837. The minimum absolute atomic E-state index is 0.486. The van der Waals surface area contributed by atoms with Gasteiger partial charge in [0.25, 0.3) is 0 Å². The molecule has 0 radical (unpaired) electrons.